The van der Waals surface area contributed by atoms with E-state index in [9.17, 15) is 5.11 Å². The number of benzene rings is 2. The van der Waals surface area contributed by atoms with E-state index in [0.717, 1.165) is 42.0 Å². The summed E-state index contributed by atoms with van der Waals surface area (Å²) in [5.74, 6) is 0.747. The van der Waals surface area contributed by atoms with Crippen LogP contribution >= 0.6 is 0 Å². The fraction of sp³-hybridized carbons (Fsp3) is 0.304. The van der Waals surface area contributed by atoms with Gasteiger partial charge >= 0.3 is 0 Å². The summed E-state index contributed by atoms with van der Waals surface area (Å²) in [7, 11) is 0. The highest BCUT2D eigenvalue weighted by atomic mass is 16.3. The molecule has 0 saturated carbocycles. The number of β-amino-alcohol motifs (C(OH)–C–C–N with tert-alkyl or cyclic N) is 1. The van der Waals surface area contributed by atoms with Gasteiger partial charge in [-0.05, 0) is 25.8 Å². The van der Waals surface area contributed by atoms with E-state index in [4.69, 9.17) is 0 Å². The zero-order valence-electron chi connectivity index (χ0n) is 15.9. The summed E-state index contributed by atoms with van der Waals surface area (Å²) in [6.45, 7) is 6.39. The maximum absolute atomic E-state index is 11.0. The number of aliphatic hydroxyl groups is 1. The van der Waals surface area contributed by atoms with E-state index < -0.39 is 5.60 Å². The standard InChI is InChI=1S/C23H25N3O/c1-17-3-7-20(8-4-17)22-24-13-19(14-25-22)15-26-12-11-23(27,16-26)21-9-5-18(2)6-10-21/h3-10,13-14,27H,11-12,15-16H2,1-2H3/t23-/m1/s1. The molecule has 2 aromatic carbocycles. The fourth-order valence-corrected chi connectivity index (χ4v) is 3.65. The van der Waals surface area contributed by atoms with Gasteiger partial charge in [0.2, 0.25) is 0 Å². The predicted molar refractivity (Wildman–Crippen MR) is 107 cm³/mol. The van der Waals surface area contributed by atoms with Crippen LogP contribution in [0.3, 0.4) is 0 Å². The van der Waals surface area contributed by atoms with Crippen LogP contribution in [0.25, 0.3) is 11.4 Å². The minimum Gasteiger partial charge on any atom is -0.384 e. The van der Waals surface area contributed by atoms with Crippen LogP contribution in [0.4, 0.5) is 0 Å². The maximum atomic E-state index is 11.0. The Morgan fingerprint density at radius 2 is 1.52 bits per heavy atom. The van der Waals surface area contributed by atoms with Crippen LogP contribution in [0.1, 0.15) is 28.7 Å². The average Bonchev–Trinajstić information content (AvgIpc) is 3.05. The second kappa shape index (κ2) is 7.22. The molecule has 4 rings (SSSR count). The number of aromatic nitrogens is 2. The number of hydrogen-bond donors (Lipinski definition) is 1. The second-order valence-corrected chi connectivity index (χ2v) is 7.64. The van der Waals surface area contributed by atoms with Crippen molar-refractivity contribution in [3.63, 3.8) is 0 Å². The van der Waals surface area contributed by atoms with Gasteiger partial charge in [0, 0.05) is 43.2 Å². The minimum absolute atomic E-state index is 0.635. The molecule has 4 heteroatoms. The van der Waals surface area contributed by atoms with Crippen molar-refractivity contribution in [1.82, 2.24) is 14.9 Å². The highest BCUT2D eigenvalue weighted by molar-refractivity contribution is 5.54. The normalized spacial score (nSPS) is 20.1. The zero-order chi connectivity index (χ0) is 18.9. The molecule has 0 bridgehead atoms. The lowest BCUT2D eigenvalue weighted by atomic mass is 9.92. The van der Waals surface area contributed by atoms with Crippen molar-refractivity contribution in [1.29, 1.82) is 0 Å². The minimum atomic E-state index is -0.767. The summed E-state index contributed by atoms with van der Waals surface area (Å²) in [5.41, 5.74) is 4.77. The zero-order valence-corrected chi connectivity index (χ0v) is 15.9. The Hall–Kier alpha value is -2.56. The van der Waals surface area contributed by atoms with Gasteiger partial charge in [-0.2, -0.15) is 0 Å². The van der Waals surface area contributed by atoms with Crippen molar-refractivity contribution in [3.05, 3.63) is 83.2 Å². The van der Waals surface area contributed by atoms with Crippen molar-refractivity contribution < 1.29 is 5.11 Å². The van der Waals surface area contributed by atoms with Crippen molar-refractivity contribution in [2.45, 2.75) is 32.4 Å². The molecule has 3 aromatic rings. The van der Waals surface area contributed by atoms with E-state index in [1.54, 1.807) is 0 Å². The number of likely N-dealkylation sites (tertiary alicyclic amines) is 1. The molecule has 27 heavy (non-hydrogen) atoms. The Morgan fingerprint density at radius 1 is 0.926 bits per heavy atom. The lowest BCUT2D eigenvalue weighted by Gasteiger charge is -2.24. The smallest absolute Gasteiger partial charge is 0.159 e. The van der Waals surface area contributed by atoms with Gasteiger partial charge in [0.05, 0.1) is 0 Å². The summed E-state index contributed by atoms with van der Waals surface area (Å²) >= 11 is 0. The molecule has 4 nitrogen and oxygen atoms in total. The molecule has 0 aliphatic carbocycles. The lowest BCUT2D eigenvalue weighted by Crippen LogP contribution is -2.30. The molecule has 1 atom stereocenters. The molecular formula is C23H25N3O. The quantitative estimate of drug-likeness (QED) is 0.769. The average molecular weight is 359 g/mol. The molecule has 1 fully saturated rings. The van der Waals surface area contributed by atoms with Crippen LogP contribution in [0.2, 0.25) is 0 Å². The van der Waals surface area contributed by atoms with Crippen molar-refractivity contribution in [2.75, 3.05) is 13.1 Å². The van der Waals surface area contributed by atoms with Crippen LogP contribution < -0.4 is 0 Å². The number of rotatable bonds is 4. The Balaban J connectivity index is 1.42. The molecular weight excluding hydrogens is 334 g/mol. The van der Waals surface area contributed by atoms with Crippen LogP contribution in [-0.4, -0.2) is 33.1 Å². The summed E-state index contributed by atoms with van der Waals surface area (Å²) in [6, 6.07) is 16.4. The van der Waals surface area contributed by atoms with Gasteiger partial charge in [-0.25, -0.2) is 9.97 Å². The highest BCUT2D eigenvalue weighted by Gasteiger charge is 2.37. The van der Waals surface area contributed by atoms with E-state index in [0.29, 0.717) is 6.54 Å². The summed E-state index contributed by atoms with van der Waals surface area (Å²) < 4.78 is 0. The number of nitrogens with zero attached hydrogens (tertiary/aromatic N) is 3. The van der Waals surface area contributed by atoms with Gasteiger partial charge in [-0.3, -0.25) is 4.90 Å². The van der Waals surface area contributed by atoms with E-state index >= 15 is 0 Å². The largest absolute Gasteiger partial charge is 0.384 e. The van der Waals surface area contributed by atoms with E-state index in [1.807, 2.05) is 36.7 Å². The Bertz CT molecular complexity index is 904. The SMILES string of the molecule is Cc1ccc(-c2ncc(CN3CC[C@](O)(c4ccc(C)cc4)C3)cn2)cc1. The monoisotopic (exact) mass is 359 g/mol. The first-order valence-electron chi connectivity index (χ1n) is 9.42. The summed E-state index contributed by atoms with van der Waals surface area (Å²) in [6.07, 6.45) is 4.54. The third-order valence-corrected chi connectivity index (χ3v) is 5.34. The Kier molecular flexibility index (Phi) is 4.77. The Morgan fingerprint density at radius 3 is 2.15 bits per heavy atom. The van der Waals surface area contributed by atoms with E-state index in [2.05, 4.69) is 53.0 Å². The number of hydrogen-bond acceptors (Lipinski definition) is 4. The van der Waals surface area contributed by atoms with Gasteiger partial charge in [-0.15, -0.1) is 0 Å². The van der Waals surface area contributed by atoms with Crippen LogP contribution in [0.15, 0.2) is 60.9 Å². The summed E-state index contributed by atoms with van der Waals surface area (Å²) in [4.78, 5) is 11.3. The molecule has 0 radical (unpaired) electrons. The molecule has 0 amide bonds. The van der Waals surface area contributed by atoms with Crippen molar-refractivity contribution in [3.8, 4) is 11.4 Å². The van der Waals surface area contributed by atoms with Gasteiger partial charge in [0.25, 0.3) is 0 Å². The van der Waals surface area contributed by atoms with Crippen molar-refractivity contribution in [2.24, 2.45) is 0 Å². The van der Waals surface area contributed by atoms with Gasteiger partial charge in [-0.1, -0.05) is 59.7 Å². The van der Waals surface area contributed by atoms with E-state index in [-0.39, 0.29) is 0 Å². The Labute approximate surface area is 160 Å². The fourth-order valence-electron chi connectivity index (χ4n) is 3.65. The van der Waals surface area contributed by atoms with Crippen molar-refractivity contribution >= 4 is 0 Å². The number of aryl methyl sites for hydroxylation is 2. The molecule has 138 valence electrons. The van der Waals surface area contributed by atoms with Crippen LogP contribution in [-0.2, 0) is 12.1 Å². The summed E-state index contributed by atoms with van der Waals surface area (Å²) in [5, 5.41) is 11.0. The highest BCUT2D eigenvalue weighted by Crippen LogP contribution is 2.32. The first-order chi connectivity index (χ1) is 13.0. The molecule has 1 aliphatic rings. The van der Waals surface area contributed by atoms with Crippen LogP contribution in [0, 0.1) is 13.8 Å². The van der Waals surface area contributed by atoms with Crippen LogP contribution in [0.5, 0.6) is 0 Å². The molecule has 1 saturated heterocycles. The van der Waals surface area contributed by atoms with E-state index in [1.165, 1.54) is 11.1 Å². The first-order valence-corrected chi connectivity index (χ1v) is 9.42. The molecule has 1 aromatic heterocycles. The van der Waals surface area contributed by atoms with Gasteiger partial charge in [0.1, 0.15) is 5.60 Å². The molecule has 2 heterocycles. The van der Waals surface area contributed by atoms with Gasteiger partial charge < -0.3 is 5.11 Å². The van der Waals surface area contributed by atoms with Gasteiger partial charge in [0.15, 0.2) is 5.82 Å². The molecule has 1 aliphatic heterocycles. The predicted octanol–water partition coefficient (Wildman–Crippen LogP) is 3.85. The maximum Gasteiger partial charge on any atom is 0.159 e. The molecule has 0 unspecified atom stereocenters. The third kappa shape index (κ3) is 3.92. The molecule has 0 spiro atoms. The topological polar surface area (TPSA) is 49.2 Å². The first kappa shape index (κ1) is 17.8. The lowest BCUT2D eigenvalue weighted by molar-refractivity contribution is 0.0452. The molecule has 1 N–H and O–H groups in total. The third-order valence-electron chi connectivity index (χ3n) is 5.34. The second-order valence-electron chi connectivity index (χ2n) is 7.64.